The van der Waals surface area contributed by atoms with Crippen LogP contribution in [-0.2, 0) is 9.53 Å². The van der Waals surface area contributed by atoms with Gasteiger partial charge in [-0.25, -0.2) is 9.78 Å². The van der Waals surface area contributed by atoms with Crippen molar-refractivity contribution in [1.29, 1.82) is 0 Å². The van der Waals surface area contributed by atoms with Gasteiger partial charge in [-0.3, -0.25) is 9.36 Å². The number of nitrogens with zero attached hydrogens (tertiary/aromatic N) is 2. The van der Waals surface area contributed by atoms with E-state index in [-0.39, 0.29) is 17.4 Å². The van der Waals surface area contributed by atoms with Crippen LogP contribution in [0.15, 0.2) is 15.6 Å². The minimum atomic E-state index is -0.621. The molecular formula is C14H21BrN2O3. The number of esters is 1. The molecule has 0 aliphatic rings. The van der Waals surface area contributed by atoms with Crippen molar-refractivity contribution >= 4 is 21.9 Å². The van der Waals surface area contributed by atoms with E-state index in [1.54, 1.807) is 6.20 Å². The highest BCUT2D eigenvalue weighted by molar-refractivity contribution is 9.10. The Morgan fingerprint density at radius 1 is 1.40 bits per heavy atom. The van der Waals surface area contributed by atoms with Crippen molar-refractivity contribution in [2.75, 3.05) is 7.11 Å². The van der Waals surface area contributed by atoms with Gasteiger partial charge in [0.2, 0.25) is 0 Å². The fourth-order valence-corrected chi connectivity index (χ4v) is 2.42. The highest BCUT2D eigenvalue weighted by atomic mass is 79.9. The van der Waals surface area contributed by atoms with Gasteiger partial charge in [0.15, 0.2) is 0 Å². The zero-order valence-electron chi connectivity index (χ0n) is 12.5. The number of hydrogen-bond donors (Lipinski definition) is 0. The normalized spacial score (nSPS) is 12.8. The van der Waals surface area contributed by atoms with Gasteiger partial charge < -0.3 is 4.74 Å². The topological polar surface area (TPSA) is 61.2 Å². The maximum atomic E-state index is 12.5. The van der Waals surface area contributed by atoms with Crippen molar-refractivity contribution in [3.63, 3.8) is 0 Å². The predicted molar refractivity (Wildman–Crippen MR) is 80.8 cm³/mol. The third kappa shape index (κ3) is 3.91. The molecular weight excluding hydrogens is 324 g/mol. The monoisotopic (exact) mass is 344 g/mol. The van der Waals surface area contributed by atoms with Crippen LogP contribution < -0.4 is 5.56 Å². The van der Waals surface area contributed by atoms with Crippen LogP contribution in [0.25, 0.3) is 0 Å². The van der Waals surface area contributed by atoms with Gasteiger partial charge in [0, 0.05) is 12.1 Å². The molecule has 1 atom stereocenters. The fourth-order valence-electron chi connectivity index (χ4n) is 2.01. The molecule has 1 unspecified atom stereocenters. The molecule has 0 fully saturated rings. The van der Waals surface area contributed by atoms with E-state index in [0.717, 1.165) is 0 Å². The summed E-state index contributed by atoms with van der Waals surface area (Å²) in [6.07, 6.45) is 2.10. The molecule has 0 bridgehead atoms. The van der Waals surface area contributed by atoms with Crippen molar-refractivity contribution in [3.8, 4) is 0 Å². The average molecular weight is 345 g/mol. The van der Waals surface area contributed by atoms with E-state index in [4.69, 9.17) is 4.74 Å². The smallest absolute Gasteiger partial charge is 0.328 e. The van der Waals surface area contributed by atoms with E-state index in [9.17, 15) is 9.59 Å². The Morgan fingerprint density at radius 3 is 2.45 bits per heavy atom. The van der Waals surface area contributed by atoms with Crippen molar-refractivity contribution in [2.45, 2.75) is 46.1 Å². The number of carbonyl (C=O) groups excluding carboxylic acids is 1. The summed E-state index contributed by atoms with van der Waals surface area (Å²) in [6.45, 7) is 7.80. The lowest BCUT2D eigenvalue weighted by Crippen LogP contribution is -2.34. The lowest BCUT2D eigenvalue weighted by molar-refractivity contribution is -0.145. The van der Waals surface area contributed by atoms with Crippen LogP contribution in [0, 0.1) is 5.92 Å². The number of carbonyl (C=O) groups is 1. The first-order chi connectivity index (χ1) is 9.27. The molecule has 0 aromatic carbocycles. The van der Waals surface area contributed by atoms with Crippen LogP contribution >= 0.6 is 15.9 Å². The van der Waals surface area contributed by atoms with E-state index in [2.05, 4.69) is 20.9 Å². The zero-order chi connectivity index (χ0) is 15.4. The average Bonchev–Trinajstić information content (AvgIpc) is 2.37. The van der Waals surface area contributed by atoms with E-state index in [1.165, 1.54) is 11.7 Å². The zero-order valence-corrected chi connectivity index (χ0v) is 14.1. The Hall–Kier alpha value is -1.17. The van der Waals surface area contributed by atoms with Crippen LogP contribution in [0.3, 0.4) is 0 Å². The first-order valence-corrected chi connectivity index (χ1v) is 7.43. The lowest BCUT2D eigenvalue weighted by atomic mass is 10.0. The van der Waals surface area contributed by atoms with Crippen molar-refractivity contribution < 1.29 is 9.53 Å². The van der Waals surface area contributed by atoms with Gasteiger partial charge in [0.1, 0.15) is 16.3 Å². The molecule has 0 N–H and O–H groups in total. The Balaban J connectivity index is 3.40. The predicted octanol–water partition coefficient (Wildman–Crippen LogP) is 2.89. The maximum absolute atomic E-state index is 12.5. The van der Waals surface area contributed by atoms with Crippen LogP contribution in [0.4, 0.5) is 0 Å². The Kier molecular flexibility index (Phi) is 5.92. The maximum Gasteiger partial charge on any atom is 0.328 e. The summed E-state index contributed by atoms with van der Waals surface area (Å²) in [5.74, 6) is -0.155. The molecule has 0 saturated heterocycles. The summed E-state index contributed by atoms with van der Waals surface area (Å²) >= 11 is 3.30. The van der Waals surface area contributed by atoms with Gasteiger partial charge in [-0.1, -0.05) is 27.7 Å². The van der Waals surface area contributed by atoms with E-state index >= 15 is 0 Å². The first-order valence-electron chi connectivity index (χ1n) is 6.64. The summed E-state index contributed by atoms with van der Waals surface area (Å²) in [5.41, 5.74) is 0.205. The van der Waals surface area contributed by atoms with Crippen molar-refractivity contribution in [1.82, 2.24) is 9.55 Å². The molecule has 0 saturated carbocycles. The number of rotatable bonds is 5. The summed E-state index contributed by atoms with van der Waals surface area (Å²) in [4.78, 5) is 28.7. The molecule has 112 valence electrons. The highest BCUT2D eigenvalue weighted by Gasteiger charge is 2.25. The van der Waals surface area contributed by atoms with Gasteiger partial charge in [0.05, 0.1) is 7.11 Å². The molecule has 5 nitrogen and oxygen atoms in total. The SMILES string of the molecule is COC(=O)C(CC(C)C)n1cc(Br)nc(C(C)C)c1=O. The Labute approximate surface area is 127 Å². The van der Waals surface area contributed by atoms with Gasteiger partial charge in [-0.15, -0.1) is 0 Å². The van der Waals surface area contributed by atoms with Crippen LogP contribution in [0.5, 0.6) is 0 Å². The van der Waals surface area contributed by atoms with E-state index in [0.29, 0.717) is 16.7 Å². The largest absolute Gasteiger partial charge is 0.467 e. The first kappa shape index (κ1) is 16.9. The molecule has 1 aromatic heterocycles. The van der Waals surface area contributed by atoms with Gasteiger partial charge in [-0.2, -0.15) is 0 Å². The standard InChI is InChI=1S/C14H21BrN2O3/c1-8(2)6-10(14(19)20-5)17-7-11(15)16-12(9(3)4)13(17)18/h7-10H,6H2,1-5H3. The fraction of sp³-hybridized carbons (Fsp3) is 0.643. The molecule has 6 heteroatoms. The third-order valence-electron chi connectivity index (χ3n) is 2.98. The molecule has 0 spiro atoms. The third-order valence-corrected chi connectivity index (χ3v) is 3.36. The van der Waals surface area contributed by atoms with Crippen LogP contribution in [0.1, 0.15) is 51.8 Å². The van der Waals surface area contributed by atoms with Gasteiger partial charge in [-0.05, 0) is 28.3 Å². The van der Waals surface area contributed by atoms with E-state index < -0.39 is 12.0 Å². The molecule has 0 radical (unpaired) electrons. The second-order valence-electron chi connectivity index (χ2n) is 5.48. The number of aromatic nitrogens is 2. The summed E-state index contributed by atoms with van der Waals surface area (Å²) < 4.78 is 6.80. The number of methoxy groups -OCH3 is 1. The molecule has 0 aliphatic heterocycles. The van der Waals surface area contributed by atoms with Crippen molar-refractivity contribution in [2.24, 2.45) is 5.92 Å². The summed E-state index contributed by atoms with van der Waals surface area (Å²) in [7, 11) is 1.33. The minimum Gasteiger partial charge on any atom is -0.467 e. The van der Waals surface area contributed by atoms with Crippen LogP contribution in [-0.4, -0.2) is 22.6 Å². The summed E-state index contributed by atoms with van der Waals surface area (Å²) in [6, 6.07) is -0.621. The van der Waals surface area contributed by atoms with Crippen LogP contribution in [0.2, 0.25) is 0 Å². The number of halogens is 1. The molecule has 1 aromatic rings. The molecule has 1 heterocycles. The quantitative estimate of drug-likeness (QED) is 0.770. The Bertz CT molecular complexity index is 538. The number of ether oxygens (including phenoxy) is 1. The minimum absolute atomic E-state index is 0.0106. The van der Waals surface area contributed by atoms with Crippen molar-refractivity contribution in [3.05, 3.63) is 26.8 Å². The second-order valence-corrected chi connectivity index (χ2v) is 6.30. The van der Waals surface area contributed by atoms with Gasteiger partial charge >= 0.3 is 5.97 Å². The number of hydrogen-bond acceptors (Lipinski definition) is 4. The molecule has 0 amide bonds. The molecule has 0 aliphatic carbocycles. The molecule has 20 heavy (non-hydrogen) atoms. The lowest BCUT2D eigenvalue weighted by Gasteiger charge is -2.20. The summed E-state index contributed by atoms with van der Waals surface area (Å²) in [5, 5.41) is 0. The van der Waals surface area contributed by atoms with E-state index in [1.807, 2.05) is 27.7 Å². The highest BCUT2D eigenvalue weighted by Crippen LogP contribution is 2.20. The molecule has 1 rings (SSSR count). The second kappa shape index (κ2) is 7.02. The Morgan fingerprint density at radius 2 is 2.00 bits per heavy atom. The van der Waals surface area contributed by atoms with Gasteiger partial charge in [0.25, 0.3) is 5.56 Å².